The van der Waals surface area contributed by atoms with Crippen molar-refractivity contribution in [1.82, 2.24) is 14.8 Å². The summed E-state index contributed by atoms with van der Waals surface area (Å²) in [6, 6.07) is 10.9. The van der Waals surface area contributed by atoms with Crippen LogP contribution in [0.5, 0.6) is 0 Å². The SMILES string of the molecule is COC(=O)CCc1cnc([C@@H]2C[C@H](N3CC(OC)C3)CN2C(=O)Cc2cc(Cl)c(NC(=O)c3csc4ccccc34)cc2Cl)s1. The number of thiazole rings is 1. The summed E-state index contributed by atoms with van der Waals surface area (Å²) in [6.07, 6.45) is 3.60. The number of aryl methyl sites for hydroxylation is 1. The third kappa shape index (κ3) is 6.89. The Balaban J connectivity index is 1.17. The second kappa shape index (κ2) is 13.7. The molecule has 0 saturated carbocycles. The summed E-state index contributed by atoms with van der Waals surface area (Å²) >= 11 is 16.3. The molecule has 0 bridgehead atoms. The number of amides is 2. The average Bonchev–Trinajstić information content (AvgIpc) is 3.76. The summed E-state index contributed by atoms with van der Waals surface area (Å²) in [5.41, 5.74) is 1.52. The van der Waals surface area contributed by atoms with Crippen LogP contribution in [-0.4, -0.2) is 78.6 Å². The molecule has 2 saturated heterocycles. The van der Waals surface area contributed by atoms with Crippen molar-refractivity contribution < 1.29 is 23.9 Å². The van der Waals surface area contributed by atoms with Crippen LogP contribution in [0.2, 0.25) is 10.0 Å². The van der Waals surface area contributed by atoms with Crippen LogP contribution in [0.15, 0.2) is 48.0 Å². The van der Waals surface area contributed by atoms with Crippen LogP contribution in [-0.2, 0) is 31.9 Å². The van der Waals surface area contributed by atoms with Gasteiger partial charge in [0.1, 0.15) is 5.01 Å². The number of hydrogen-bond donors (Lipinski definition) is 1. The Bertz CT molecular complexity index is 1740. The lowest BCUT2D eigenvalue weighted by Crippen LogP contribution is -2.56. The molecular formula is C32H32Cl2N4O5S2. The van der Waals surface area contributed by atoms with Crippen molar-refractivity contribution >= 4 is 79.4 Å². The highest BCUT2D eigenvalue weighted by Gasteiger charge is 2.43. The largest absolute Gasteiger partial charge is 0.469 e. The highest BCUT2D eigenvalue weighted by molar-refractivity contribution is 7.17. The predicted molar refractivity (Wildman–Crippen MR) is 178 cm³/mol. The van der Waals surface area contributed by atoms with E-state index in [4.69, 9.17) is 32.7 Å². The molecule has 2 atom stereocenters. The smallest absolute Gasteiger partial charge is 0.305 e. The molecule has 0 spiro atoms. The topological polar surface area (TPSA) is 101 Å². The zero-order valence-electron chi connectivity index (χ0n) is 24.8. The number of aromatic nitrogens is 1. The fraction of sp³-hybridized carbons (Fsp3) is 0.375. The quantitative estimate of drug-likeness (QED) is 0.197. The van der Waals surface area contributed by atoms with Crippen LogP contribution in [0, 0.1) is 0 Å². The molecule has 0 unspecified atom stereocenters. The monoisotopic (exact) mass is 686 g/mol. The minimum atomic E-state index is -0.281. The Labute approximate surface area is 279 Å². The number of anilines is 1. The number of rotatable bonds is 10. The number of nitrogens with one attached hydrogen (secondary N) is 1. The molecule has 0 radical (unpaired) electrons. The van der Waals surface area contributed by atoms with Crippen LogP contribution < -0.4 is 5.32 Å². The maximum Gasteiger partial charge on any atom is 0.305 e. The fourth-order valence-corrected chi connectivity index (χ4v) is 8.30. The van der Waals surface area contributed by atoms with Crippen molar-refractivity contribution in [3.8, 4) is 0 Å². The first-order valence-corrected chi connectivity index (χ1v) is 17.0. The van der Waals surface area contributed by atoms with Crippen molar-refractivity contribution in [1.29, 1.82) is 0 Å². The van der Waals surface area contributed by atoms with Crippen LogP contribution in [0.1, 0.15) is 44.7 Å². The summed E-state index contributed by atoms with van der Waals surface area (Å²) in [4.78, 5) is 48.5. The lowest BCUT2D eigenvalue weighted by molar-refractivity contribution is -0.140. The van der Waals surface area contributed by atoms with Crippen molar-refractivity contribution in [3.05, 3.63) is 79.0 Å². The van der Waals surface area contributed by atoms with E-state index in [9.17, 15) is 14.4 Å². The van der Waals surface area contributed by atoms with Crippen molar-refractivity contribution in [2.24, 2.45) is 0 Å². The molecule has 2 aromatic carbocycles. The van der Waals surface area contributed by atoms with Gasteiger partial charge in [-0.1, -0.05) is 41.4 Å². The van der Waals surface area contributed by atoms with Crippen molar-refractivity contribution in [3.63, 3.8) is 0 Å². The number of carbonyl (C=O) groups is 3. The minimum absolute atomic E-state index is 0.0481. The van der Waals surface area contributed by atoms with E-state index in [2.05, 4.69) is 15.2 Å². The maximum absolute atomic E-state index is 13.9. The fourth-order valence-electron chi connectivity index (χ4n) is 5.85. The molecular weight excluding hydrogens is 655 g/mol. The molecule has 2 fully saturated rings. The van der Waals surface area contributed by atoms with Gasteiger partial charge >= 0.3 is 5.97 Å². The van der Waals surface area contributed by atoms with E-state index in [0.29, 0.717) is 39.8 Å². The van der Waals surface area contributed by atoms with Gasteiger partial charge in [-0.05, 0) is 36.6 Å². The molecule has 4 heterocycles. The van der Waals surface area contributed by atoms with Gasteiger partial charge in [-0.25, -0.2) is 4.98 Å². The Kier molecular flexibility index (Phi) is 9.74. The molecule has 2 amide bonds. The number of esters is 1. The van der Waals surface area contributed by atoms with E-state index < -0.39 is 0 Å². The standard InChI is InChI=1S/C32H32Cl2N4O5S2/c1-42-20-15-37(16-20)19-11-27(32-35-13-21(45-32)7-8-30(40)43-2)38(14-19)29(39)10-18-9-25(34)26(12-24(18)33)36-31(41)23-17-44-28-6-4-3-5-22(23)28/h3-6,9,12-13,17,19-20,27H,7-8,10-11,14-16H2,1-2H3,(H,36,41)/t19-,27-/m0/s1. The lowest BCUT2D eigenvalue weighted by Gasteiger charge is -2.42. The predicted octanol–water partition coefficient (Wildman–Crippen LogP) is 6.24. The highest BCUT2D eigenvalue weighted by atomic mass is 35.5. The number of benzene rings is 2. The lowest BCUT2D eigenvalue weighted by atomic mass is 10.1. The van der Waals surface area contributed by atoms with E-state index >= 15 is 0 Å². The van der Waals surface area contributed by atoms with Crippen LogP contribution in [0.25, 0.3) is 10.1 Å². The van der Waals surface area contributed by atoms with Gasteiger partial charge in [0.25, 0.3) is 5.91 Å². The summed E-state index contributed by atoms with van der Waals surface area (Å²) < 4.78 is 11.3. The Morgan fingerprint density at radius 3 is 2.67 bits per heavy atom. The summed E-state index contributed by atoms with van der Waals surface area (Å²) in [5.74, 6) is -0.636. The molecule has 2 aromatic heterocycles. The average molecular weight is 688 g/mol. The molecule has 2 aliphatic heterocycles. The summed E-state index contributed by atoms with van der Waals surface area (Å²) in [7, 11) is 3.10. The van der Waals surface area contributed by atoms with Gasteiger partial charge < -0.3 is 19.7 Å². The van der Waals surface area contributed by atoms with Crippen LogP contribution in [0.3, 0.4) is 0 Å². The zero-order chi connectivity index (χ0) is 31.7. The third-order valence-electron chi connectivity index (χ3n) is 8.44. The highest BCUT2D eigenvalue weighted by Crippen LogP contribution is 2.39. The molecule has 4 aromatic rings. The second-order valence-electron chi connectivity index (χ2n) is 11.2. The number of carbonyl (C=O) groups excluding carboxylic acids is 3. The maximum atomic E-state index is 13.9. The van der Waals surface area contributed by atoms with Crippen molar-refractivity contribution in [2.75, 3.05) is 39.2 Å². The number of likely N-dealkylation sites (tertiary alicyclic amines) is 2. The van der Waals surface area contributed by atoms with Gasteiger partial charge in [-0.3, -0.25) is 19.3 Å². The number of hydrogen-bond acceptors (Lipinski definition) is 9. The number of fused-ring (bicyclic) bond motifs is 1. The Morgan fingerprint density at radius 1 is 1.09 bits per heavy atom. The number of thiophene rings is 1. The normalized spacial score (nSPS) is 18.7. The number of methoxy groups -OCH3 is 2. The van der Waals surface area contributed by atoms with Gasteiger partial charge in [0.15, 0.2) is 0 Å². The van der Waals surface area contributed by atoms with E-state index in [1.807, 2.05) is 34.5 Å². The Morgan fingerprint density at radius 2 is 1.89 bits per heavy atom. The molecule has 6 rings (SSSR count). The van der Waals surface area contributed by atoms with Gasteiger partial charge in [-0.15, -0.1) is 22.7 Å². The summed E-state index contributed by atoms with van der Waals surface area (Å²) in [6.45, 7) is 2.22. The molecule has 9 nitrogen and oxygen atoms in total. The first-order chi connectivity index (χ1) is 21.7. The van der Waals surface area contributed by atoms with Crippen molar-refractivity contribution in [2.45, 2.75) is 43.9 Å². The number of halogens is 2. The molecule has 1 N–H and O–H groups in total. The molecule has 45 heavy (non-hydrogen) atoms. The molecule has 13 heteroatoms. The third-order valence-corrected chi connectivity index (χ3v) is 11.2. The van der Waals surface area contributed by atoms with Crippen LogP contribution >= 0.6 is 45.9 Å². The zero-order valence-corrected chi connectivity index (χ0v) is 27.9. The van der Waals surface area contributed by atoms with E-state index in [1.165, 1.54) is 29.8 Å². The van der Waals surface area contributed by atoms with E-state index in [0.717, 1.165) is 39.5 Å². The Hall–Kier alpha value is -3.06. The number of ether oxygens (including phenoxy) is 2. The van der Waals surface area contributed by atoms with Gasteiger partial charge in [0.05, 0.1) is 48.4 Å². The van der Waals surface area contributed by atoms with Gasteiger partial charge in [0, 0.05) is 64.3 Å². The van der Waals surface area contributed by atoms with Crippen LogP contribution in [0.4, 0.5) is 5.69 Å². The van der Waals surface area contributed by atoms with E-state index in [1.54, 1.807) is 25.4 Å². The summed E-state index contributed by atoms with van der Waals surface area (Å²) in [5, 5.41) is 7.06. The van der Waals surface area contributed by atoms with E-state index in [-0.39, 0.29) is 48.8 Å². The first kappa shape index (κ1) is 31.9. The first-order valence-electron chi connectivity index (χ1n) is 14.6. The van der Waals surface area contributed by atoms with Gasteiger partial charge in [0.2, 0.25) is 5.91 Å². The number of nitrogens with zero attached hydrogens (tertiary/aromatic N) is 3. The second-order valence-corrected chi connectivity index (χ2v) is 14.1. The minimum Gasteiger partial charge on any atom is -0.469 e. The molecule has 236 valence electrons. The molecule has 0 aliphatic carbocycles. The molecule has 2 aliphatic rings. The van der Waals surface area contributed by atoms with Gasteiger partial charge in [-0.2, -0.15) is 0 Å².